The van der Waals surface area contributed by atoms with Crippen molar-refractivity contribution >= 4 is 27.6 Å². The molecular weight excluding hydrogens is 353 g/mol. The first-order valence-corrected chi connectivity index (χ1v) is 7.16. The lowest BCUT2D eigenvalue weighted by atomic mass is 10.1. The maximum absolute atomic E-state index is 13.4. The molecule has 1 N–H and O–H groups in total. The molecule has 22 heavy (non-hydrogen) atoms. The molecular formula is C16H13BrFNO3. The van der Waals surface area contributed by atoms with Crippen molar-refractivity contribution in [2.75, 3.05) is 7.11 Å². The molecule has 0 aliphatic rings. The number of halogens is 2. The van der Waals surface area contributed by atoms with Crippen LogP contribution < -0.4 is 4.74 Å². The van der Waals surface area contributed by atoms with Crippen molar-refractivity contribution in [1.29, 1.82) is 0 Å². The van der Waals surface area contributed by atoms with Gasteiger partial charge in [-0.25, -0.2) is 9.18 Å². The van der Waals surface area contributed by atoms with Gasteiger partial charge in [-0.1, -0.05) is 28.1 Å². The summed E-state index contributed by atoms with van der Waals surface area (Å²) >= 11 is 3.33. The maximum Gasteiger partial charge on any atom is 0.354 e. The number of ether oxygens (including phenoxy) is 1. The predicted molar refractivity (Wildman–Crippen MR) is 85.0 cm³/mol. The van der Waals surface area contributed by atoms with Gasteiger partial charge in [-0.2, -0.15) is 0 Å². The summed E-state index contributed by atoms with van der Waals surface area (Å²) < 4.78 is 19.2. The Morgan fingerprint density at radius 3 is 2.55 bits per heavy atom. The summed E-state index contributed by atoms with van der Waals surface area (Å²) in [5.74, 6) is -1.75. The van der Waals surface area contributed by atoms with E-state index in [1.54, 1.807) is 0 Å². The van der Waals surface area contributed by atoms with E-state index in [9.17, 15) is 14.3 Å². The van der Waals surface area contributed by atoms with Crippen molar-refractivity contribution in [3.05, 3.63) is 63.9 Å². The van der Waals surface area contributed by atoms with Gasteiger partial charge in [0, 0.05) is 10.0 Å². The molecule has 0 aliphatic carbocycles. The summed E-state index contributed by atoms with van der Waals surface area (Å²) in [6, 6.07) is 11.2. The lowest BCUT2D eigenvalue weighted by molar-refractivity contribution is -0.129. The second-order valence-corrected chi connectivity index (χ2v) is 5.36. The number of carboxylic acids is 1. The average molecular weight is 366 g/mol. The Morgan fingerprint density at radius 2 is 1.95 bits per heavy atom. The van der Waals surface area contributed by atoms with Crippen molar-refractivity contribution in [3.63, 3.8) is 0 Å². The number of benzene rings is 2. The third-order valence-electron chi connectivity index (χ3n) is 2.96. The van der Waals surface area contributed by atoms with E-state index >= 15 is 0 Å². The molecule has 4 nitrogen and oxygen atoms in total. The quantitative estimate of drug-likeness (QED) is 0.822. The van der Waals surface area contributed by atoms with Crippen LogP contribution in [0.25, 0.3) is 0 Å². The van der Waals surface area contributed by atoms with Crippen molar-refractivity contribution in [2.24, 2.45) is 4.99 Å². The number of carbonyl (C=O) groups is 1. The summed E-state index contributed by atoms with van der Waals surface area (Å²) in [6.07, 6.45) is 0. The number of aliphatic imine (C=N–C) groups is 1. The van der Waals surface area contributed by atoms with E-state index < -0.39 is 11.8 Å². The van der Waals surface area contributed by atoms with Gasteiger partial charge in [-0.05, 0) is 35.9 Å². The van der Waals surface area contributed by atoms with Crippen LogP contribution in [0.2, 0.25) is 0 Å². The van der Waals surface area contributed by atoms with Gasteiger partial charge in [0.1, 0.15) is 0 Å². The second kappa shape index (κ2) is 7.17. The number of hydrogen-bond donors (Lipinski definition) is 1. The lowest BCUT2D eigenvalue weighted by Crippen LogP contribution is -2.15. The fourth-order valence-electron chi connectivity index (χ4n) is 1.85. The van der Waals surface area contributed by atoms with E-state index in [1.807, 2.05) is 24.3 Å². The molecule has 0 fully saturated rings. The number of nitrogens with zero attached hydrogens (tertiary/aromatic N) is 1. The number of carboxylic acid groups (broad SMARTS) is 1. The molecule has 0 aliphatic heterocycles. The van der Waals surface area contributed by atoms with Gasteiger partial charge < -0.3 is 9.84 Å². The maximum atomic E-state index is 13.4. The van der Waals surface area contributed by atoms with E-state index in [0.29, 0.717) is 5.56 Å². The molecule has 114 valence electrons. The summed E-state index contributed by atoms with van der Waals surface area (Å²) in [5, 5.41) is 9.31. The zero-order valence-corrected chi connectivity index (χ0v) is 13.3. The molecule has 0 bridgehead atoms. The van der Waals surface area contributed by atoms with E-state index in [1.165, 1.54) is 19.2 Å². The van der Waals surface area contributed by atoms with Gasteiger partial charge in [0.25, 0.3) is 0 Å². The zero-order chi connectivity index (χ0) is 16.1. The zero-order valence-electron chi connectivity index (χ0n) is 11.7. The molecule has 0 atom stereocenters. The van der Waals surface area contributed by atoms with E-state index in [0.717, 1.165) is 16.1 Å². The SMILES string of the molecule is COc1cc(C(=NCc2ccc(Br)cc2)C(=O)O)ccc1F. The van der Waals surface area contributed by atoms with E-state index in [4.69, 9.17) is 4.74 Å². The number of rotatable bonds is 5. The molecule has 6 heteroatoms. The van der Waals surface area contributed by atoms with E-state index in [2.05, 4.69) is 20.9 Å². The van der Waals surface area contributed by atoms with Crippen LogP contribution in [0.15, 0.2) is 51.9 Å². The third-order valence-corrected chi connectivity index (χ3v) is 3.49. The highest BCUT2D eigenvalue weighted by Gasteiger charge is 2.15. The standard InChI is InChI=1S/C16H13BrFNO3/c1-22-14-8-11(4-7-13(14)18)15(16(20)21)19-9-10-2-5-12(17)6-3-10/h2-8H,9H2,1H3,(H,20,21). The Labute approximate surface area is 135 Å². The molecule has 0 unspecified atom stereocenters. The van der Waals surface area contributed by atoms with Gasteiger partial charge in [-0.3, -0.25) is 4.99 Å². The van der Waals surface area contributed by atoms with Gasteiger partial charge in [0.15, 0.2) is 17.3 Å². The molecule has 0 radical (unpaired) electrons. The minimum absolute atomic E-state index is 0.0184. The van der Waals surface area contributed by atoms with Crippen LogP contribution in [0.1, 0.15) is 11.1 Å². The highest BCUT2D eigenvalue weighted by molar-refractivity contribution is 9.10. The van der Waals surface area contributed by atoms with Crippen molar-refractivity contribution in [3.8, 4) is 5.75 Å². The lowest BCUT2D eigenvalue weighted by Gasteiger charge is -2.06. The van der Waals surface area contributed by atoms with E-state index in [-0.39, 0.29) is 18.0 Å². The number of aliphatic carboxylic acids is 1. The fourth-order valence-corrected chi connectivity index (χ4v) is 2.11. The molecule has 0 saturated carbocycles. The van der Waals surface area contributed by atoms with Crippen molar-refractivity contribution in [1.82, 2.24) is 0 Å². The summed E-state index contributed by atoms with van der Waals surface area (Å²) in [4.78, 5) is 15.5. The first-order chi connectivity index (χ1) is 10.5. The van der Waals surface area contributed by atoms with Crippen molar-refractivity contribution < 1.29 is 19.0 Å². The minimum atomic E-state index is -1.18. The Morgan fingerprint density at radius 1 is 1.27 bits per heavy atom. The van der Waals surface area contributed by atoms with Crippen LogP contribution in [0.4, 0.5) is 4.39 Å². The minimum Gasteiger partial charge on any atom is -0.494 e. The average Bonchev–Trinajstić information content (AvgIpc) is 2.50. The van der Waals surface area contributed by atoms with Gasteiger partial charge in [0.2, 0.25) is 0 Å². The van der Waals surface area contributed by atoms with Crippen LogP contribution in [0.3, 0.4) is 0 Å². The normalized spacial score (nSPS) is 11.3. The molecule has 2 aromatic rings. The van der Waals surface area contributed by atoms with Gasteiger partial charge >= 0.3 is 5.97 Å². The molecule has 0 heterocycles. The van der Waals surface area contributed by atoms with Crippen LogP contribution in [0.5, 0.6) is 5.75 Å². The molecule has 0 aromatic heterocycles. The van der Waals surface area contributed by atoms with Crippen LogP contribution in [0, 0.1) is 5.82 Å². The summed E-state index contributed by atoms with van der Waals surface area (Å²) in [5.41, 5.74) is 1.03. The largest absolute Gasteiger partial charge is 0.494 e. The molecule has 2 aromatic carbocycles. The smallest absolute Gasteiger partial charge is 0.354 e. The molecule has 2 rings (SSSR count). The molecule has 0 amide bonds. The highest BCUT2D eigenvalue weighted by atomic mass is 79.9. The number of methoxy groups -OCH3 is 1. The van der Waals surface area contributed by atoms with Gasteiger partial charge in [-0.15, -0.1) is 0 Å². The van der Waals surface area contributed by atoms with Crippen molar-refractivity contribution in [2.45, 2.75) is 6.54 Å². The summed E-state index contributed by atoms with van der Waals surface area (Å²) in [6.45, 7) is 0.217. The van der Waals surface area contributed by atoms with Crippen LogP contribution in [-0.4, -0.2) is 23.9 Å². The van der Waals surface area contributed by atoms with Crippen LogP contribution >= 0.6 is 15.9 Å². The first kappa shape index (κ1) is 16.2. The monoisotopic (exact) mass is 365 g/mol. The number of hydrogen-bond acceptors (Lipinski definition) is 3. The third kappa shape index (κ3) is 3.92. The highest BCUT2D eigenvalue weighted by Crippen LogP contribution is 2.19. The Kier molecular flexibility index (Phi) is 5.27. The Bertz CT molecular complexity index is 714. The van der Waals surface area contributed by atoms with Crippen LogP contribution in [-0.2, 0) is 11.3 Å². The predicted octanol–water partition coefficient (Wildman–Crippen LogP) is 3.67. The molecule has 0 saturated heterocycles. The topological polar surface area (TPSA) is 58.9 Å². The van der Waals surface area contributed by atoms with Gasteiger partial charge in [0.05, 0.1) is 13.7 Å². The molecule has 0 spiro atoms. The fraction of sp³-hybridized carbons (Fsp3) is 0.125. The second-order valence-electron chi connectivity index (χ2n) is 4.45. The Hall–Kier alpha value is -2.21. The Balaban J connectivity index is 2.31. The first-order valence-electron chi connectivity index (χ1n) is 6.37. The summed E-state index contributed by atoms with van der Waals surface area (Å²) in [7, 11) is 1.32.